The van der Waals surface area contributed by atoms with Crippen LogP contribution in [0.25, 0.3) is 0 Å². The van der Waals surface area contributed by atoms with Crippen LogP contribution in [0.4, 0.5) is 13.2 Å². The van der Waals surface area contributed by atoms with Crippen molar-refractivity contribution in [3.05, 3.63) is 34.9 Å². The van der Waals surface area contributed by atoms with Crippen LogP contribution in [0.5, 0.6) is 0 Å². The summed E-state index contributed by atoms with van der Waals surface area (Å²) in [7, 11) is 0. The predicted octanol–water partition coefficient (Wildman–Crippen LogP) is 2.24. The van der Waals surface area contributed by atoms with Crippen molar-refractivity contribution in [3.8, 4) is 0 Å². The summed E-state index contributed by atoms with van der Waals surface area (Å²) in [6.45, 7) is 1.98. The summed E-state index contributed by atoms with van der Waals surface area (Å²) in [5, 5.41) is 0. The van der Waals surface area contributed by atoms with Gasteiger partial charge < -0.3 is 9.64 Å². The third kappa shape index (κ3) is 3.78. The number of ether oxygens (including phenoxy) is 1. The minimum absolute atomic E-state index is 0.0220. The third-order valence-electron chi connectivity index (χ3n) is 3.47. The largest absolute Gasteiger partial charge is 0.471 e. The molecule has 22 heavy (non-hydrogen) atoms. The smallest absolute Gasteiger partial charge is 0.466 e. The molecule has 1 amide bonds. The van der Waals surface area contributed by atoms with E-state index in [1.54, 1.807) is 25.1 Å². The quantitative estimate of drug-likeness (QED) is 0.804. The Balaban J connectivity index is 2.08. The molecule has 0 fully saturated rings. The minimum Gasteiger partial charge on any atom is -0.466 e. The van der Waals surface area contributed by atoms with Crippen molar-refractivity contribution in [2.24, 2.45) is 0 Å². The monoisotopic (exact) mass is 315 g/mol. The summed E-state index contributed by atoms with van der Waals surface area (Å²) in [4.78, 5) is 23.5. The van der Waals surface area contributed by atoms with Gasteiger partial charge in [0.25, 0.3) is 0 Å². The van der Waals surface area contributed by atoms with Gasteiger partial charge in [0, 0.05) is 13.1 Å². The van der Waals surface area contributed by atoms with Crippen molar-refractivity contribution >= 4 is 11.9 Å². The molecule has 0 radical (unpaired) electrons. The molecule has 1 heterocycles. The molecule has 0 aromatic heterocycles. The fourth-order valence-electron chi connectivity index (χ4n) is 2.45. The highest BCUT2D eigenvalue weighted by Gasteiger charge is 2.43. The normalized spacial score (nSPS) is 14.5. The second-order valence-corrected chi connectivity index (χ2v) is 5.06. The van der Waals surface area contributed by atoms with Crippen LogP contribution >= 0.6 is 0 Å². The van der Waals surface area contributed by atoms with Gasteiger partial charge in [0.2, 0.25) is 0 Å². The molecular formula is C15H16F3NO3. The number of nitrogens with zero attached hydrogens (tertiary/aromatic N) is 1. The number of amides is 1. The zero-order chi connectivity index (χ0) is 16.3. The first-order valence-electron chi connectivity index (χ1n) is 6.93. The molecule has 2 rings (SSSR count). The second-order valence-electron chi connectivity index (χ2n) is 5.06. The van der Waals surface area contributed by atoms with Gasteiger partial charge in [-0.25, -0.2) is 0 Å². The van der Waals surface area contributed by atoms with Gasteiger partial charge in [-0.1, -0.05) is 18.2 Å². The van der Waals surface area contributed by atoms with Crippen molar-refractivity contribution in [1.29, 1.82) is 0 Å². The number of halogens is 3. The highest BCUT2D eigenvalue weighted by Crippen LogP contribution is 2.25. The Hall–Kier alpha value is -2.05. The summed E-state index contributed by atoms with van der Waals surface area (Å²) in [5.74, 6) is -2.15. The zero-order valence-electron chi connectivity index (χ0n) is 12.1. The maximum atomic E-state index is 12.4. The topological polar surface area (TPSA) is 46.6 Å². The lowest BCUT2D eigenvalue weighted by Gasteiger charge is -2.29. The van der Waals surface area contributed by atoms with Gasteiger partial charge in [-0.15, -0.1) is 0 Å². The number of benzene rings is 1. The first-order valence-corrected chi connectivity index (χ1v) is 6.93. The van der Waals surface area contributed by atoms with E-state index in [2.05, 4.69) is 0 Å². The summed E-state index contributed by atoms with van der Waals surface area (Å²) >= 11 is 0. The number of carbonyl (C=O) groups excluding carboxylic acids is 2. The van der Waals surface area contributed by atoms with Crippen LogP contribution in [0.1, 0.15) is 23.6 Å². The highest BCUT2D eigenvalue weighted by molar-refractivity contribution is 5.82. The summed E-state index contributed by atoms with van der Waals surface area (Å²) in [6, 6.07) is 5.14. The number of carbonyl (C=O) groups is 2. The van der Waals surface area contributed by atoms with E-state index in [1.165, 1.54) is 0 Å². The Morgan fingerprint density at radius 1 is 1.27 bits per heavy atom. The SMILES string of the molecule is CCOC(=O)Cc1ccc2c(c1)CCN(C(=O)C(F)(F)F)C2. The number of hydrogen-bond acceptors (Lipinski definition) is 3. The molecule has 1 aliphatic rings. The number of esters is 1. The van der Waals surface area contributed by atoms with E-state index >= 15 is 0 Å². The molecule has 120 valence electrons. The van der Waals surface area contributed by atoms with Gasteiger partial charge in [0.05, 0.1) is 13.0 Å². The van der Waals surface area contributed by atoms with Crippen molar-refractivity contribution in [3.63, 3.8) is 0 Å². The lowest BCUT2D eigenvalue weighted by atomic mass is 9.96. The molecule has 7 heteroatoms. The third-order valence-corrected chi connectivity index (χ3v) is 3.47. The zero-order valence-corrected chi connectivity index (χ0v) is 12.1. The van der Waals surface area contributed by atoms with E-state index in [1.807, 2.05) is 0 Å². The van der Waals surface area contributed by atoms with Crippen LogP contribution in [0, 0.1) is 0 Å². The van der Waals surface area contributed by atoms with Crippen molar-refractivity contribution in [1.82, 2.24) is 4.90 Å². The molecule has 1 aliphatic heterocycles. The molecule has 0 unspecified atom stereocenters. The molecule has 0 atom stereocenters. The van der Waals surface area contributed by atoms with Crippen LogP contribution < -0.4 is 0 Å². The number of fused-ring (bicyclic) bond motifs is 1. The van der Waals surface area contributed by atoms with Crippen LogP contribution in [0.2, 0.25) is 0 Å². The Morgan fingerprint density at radius 3 is 2.64 bits per heavy atom. The lowest BCUT2D eigenvalue weighted by molar-refractivity contribution is -0.186. The van der Waals surface area contributed by atoms with Gasteiger partial charge in [-0.2, -0.15) is 13.2 Å². The van der Waals surface area contributed by atoms with Crippen LogP contribution in [0.15, 0.2) is 18.2 Å². The Morgan fingerprint density at radius 2 is 2.00 bits per heavy atom. The van der Waals surface area contributed by atoms with Crippen molar-refractivity contribution in [2.45, 2.75) is 32.5 Å². The lowest BCUT2D eigenvalue weighted by Crippen LogP contribution is -2.43. The Kier molecular flexibility index (Phi) is 4.73. The molecule has 0 aliphatic carbocycles. The maximum Gasteiger partial charge on any atom is 0.471 e. The van der Waals surface area contributed by atoms with Gasteiger partial charge in [0.15, 0.2) is 0 Å². The highest BCUT2D eigenvalue weighted by atomic mass is 19.4. The fourth-order valence-corrected chi connectivity index (χ4v) is 2.45. The Bertz CT molecular complexity index is 584. The van der Waals surface area contributed by atoms with E-state index in [4.69, 9.17) is 4.74 Å². The second kappa shape index (κ2) is 6.37. The molecular weight excluding hydrogens is 299 g/mol. The van der Waals surface area contributed by atoms with E-state index in [0.29, 0.717) is 18.6 Å². The minimum atomic E-state index is -4.85. The number of alkyl halides is 3. The van der Waals surface area contributed by atoms with E-state index < -0.39 is 12.1 Å². The van der Waals surface area contributed by atoms with Gasteiger partial charge in [-0.3, -0.25) is 9.59 Å². The number of hydrogen-bond donors (Lipinski definition) is 0. The van der Waals surface area contributed by atoms with E-state index in [0.717, 1.165) is 16.0 Å². The molecule has 0 saturated heterocycles. The standard InChI is InChI=1S/C15H16F3NO3/c1-2-22-13(20)8-10-3-4-12-9-19(6-5-11(12)7-10)14(21)15(16,17)18/h3-4,7H,2,5-6,8-9H2,1H3. The molecule has 0 bridgehead atoms. The molecule has 1 aromatic carbocycles. The first kappa shape index (κ1) is 16.3. The van der Waals surface area contributed by atoms with E-state index in [-0.39, 0.29) is 25.5 Å². The van der Waals surface area contributed by atoms with Crippen molar-refractivity contribution < 1.29 is 27.5 Å². The maximum absolute atomic E-state index is 12.4. The van der Waals surface area contributed by atoms with Crippen LogP contribution in [-0.4, -0.2) is 36.1 Å². The average Bonchev–Trinajstić information content (AvgIpc) is 2.45. The van der Waals surface area contributed by atoms with Gasteiger partial charge >= 0.3 is 18.1 Å². The molecule has 0 saturated carbocycles. The van der Waals surface area contributed by atoms with Crippen molar-refractivity contribution in [2.75, 3.05) is 13.2 Å². The number of rotatable bonds is 3. The molecule has 1 aromatic rings. The summed E-state index contributed by atoms with van der Waals surface area (Å²) in [6.07, 6.45) is -4.37. The first-order chi connectivity index (χ1) is 10.3. The van der Waals surface area contributed by atoms with Crippen LogP contribution in [-0.2, 0) is 33.7 Å². The summed E-state index contributed by atoms with van der Waals surface area (Å²) < 4.78 is 42.2. The average molecular weight is 315 g/mol. The predicted molar refractivity (Wildman–Crippen MR) is 72.0 cm³/mol. The van der Waals surface area contributed by atoms with Gasteiger partial charge in [0.1, 0.15) is 0 Å². The van der Waals surface area contributed by atoms with Crippen LogP contribution in [0.3, 0.4) is 0 Å². The van der Waals surface area contributed by atoms with E-state index in [9.17, 15) is 22.8 Å². The molecule has 0 N–H and O–H groups in total. The fraction of sp³-hybridized carbons (Fsp3) is 0.467. The summed E-state index contributed by atoms with van der Waals surface area (Å²) in [5.41, 5.74) is 2.30. The molecule has 0 spiro atoms. The molecule has 4 nitrogen and oxygen atoms in total. The van der Waals surface area contributed by atoms with Gasteiger partial charge in [-0.05, 0) is 30.0 Å². The Labute approximate surface area is 125 Å².